The highest BCUT2D eigenvalue weighted by atomic mass is 32.1. The van der Waals surface area contributed by atoms with Crippen molar-refractivity contribution in [3.05, 3.63) is 163 Å². The van der Waals surface area contributed by atoms with Gasteiger partial charge in [-0.1, -0.05) is 61.4 Å². The molecule has 6 aliphatic rings. The van der Waals surface area contributed by atoms with Crippen molar-refractivity contribution < 1.29 is 28.7 Å². The first kappa shape index (κ1) is 41.8. The summed E-state index contributed by atoms with van der Waals surface area (Å²) in [5.41, 5.74) is 3.57. The van der Waals surface area contributed by atoms with Crippen molar-refractivity contribution in [1.29, 1.82) is 0 Å². The molecule has 4 aromatic heterocycles. The van der Waals surface area contributed by atoms with Crippen molar-refractivity contribution in [2.24, 2.45) is 0 Å². The van der Waals surface area contributed by atoms with Gasteiger partial charge in [0.1, 0.15) is 11.2 Å². The number of ether oxygens (including phenoxy) is 2. The quantitative estimate of drug-likeness (QED) is 0.0974. The van der Waals surface area contributed by atoms with Crippen LogP contribution in [0.25, 0.3) is 84.2 Å². The van der Waals surface area contributed by atoms with Crippen LogP contribution >= 0.6 is 45.3 Å². The summed E-state index contributed by atoms with van der Waals surface area (Å²) in [4.78, 5) is 62.9. The minimum Gasteiger partial charge on any atom is -0.479 e. The van der Waals surface area contributed by atoms with Crippen molar-refractivity contribution >= 4 is 133 Å². The Bertz CT molecular complexity index is 3840. The Hall–Kier alpha value is -6.82. The van der Waals surface area contributed by atoms with E-state index in [0.717, 1.165) is 169 Å². The predicted molar refractivity (Wildman–Crippen MR) is 293 cm³/mol. The van der Waals surface area contributed by atoms with Gasteiger partial charge in [-0.15, -0.1) is 45.3 Å². The first-order valence-corrected chi connectivity index (χ1v) is 28.3. The Balaban J connectivity index is 0.794. The maximum Gasteiger partial charge on any atom is 0.197 e. The summed E-state index contributed by atoms with van der Waals surface area (Å²) in [5.74, 6) is 0.925. The molecular formula is C62H40O6S4. The lowest BCUT2D eigenvalue weighted by Crippen LogP contribution is -2.37. The number of hydrogen-bond acceptors (Lipinski definition) is 10. The molecule has 0 N–H and O–H groups in total. The van der Waals surface area contributed by atoms with Gasteiger partial charge in [-0.25, -0.2) is 0 Å². The number of benzene rings is 6. The lowest BCUT2D eigenvalue weighted by Gasteiger charge is -2.41. The van der Waals surface area contributed by atoms with Crippen molar-refractivity contribution in [2.45, 2.75) is 75.4 Å². The van der Waals surface area contributed by atoms with E-state index in [4.69, 9.17) is 9.47 Å². The van der Waals surface area contributed by atoms with Crippen LogP contribution in [0.3, 0.4) is 0 Å². The number of thiophene rings is 4. The van der Waals surface area contributed by atoms with Crippen molar-refractivity contribution in [3.63, 3.8) is 0 Å². The third-order valence-corrected chi connectivity index (χ3v) is 21.4. The molecule has 4 aliphatic carbocycles. The van der Waals surface area contributed by atoms with Gasteiger partial charge in [0.05, 0.1) is 40.1 Å². The molecule has 2 aliphatic heterocycles. The minimum atomic E-state index is -0.519. The Morgan fingerprint density at radius 1 is 0.375 bits per heavy atom. The molecule has 0 bridgehead atoms. The summed E-state index contributed by atoms with van der Waals surface area (Å²) in [6, 6.07) is 36.7. The zero-order valence-corrected chi connectivity index (χ0v) is 42.0. The molecule has 348 valence electrons. The molecule has 6 heterocycles. The molecular weight excluding hydrogens is 969 g/mol. The van der Waals surface area contributed by atoms with Crippen LogP contribution < -0.4 is 9.47 Å². The van der Waals surface area contributed by atoms with Gasteiger partial charge >= 0.3 is 0 Å². The number of ketones is 4. The van der Waals surface area contributed by atoms with Crippen LogP contribution in [0.2, 0.25) is 0 Å². The lowest BCUT2D eigenvalue weighted by molar-refractivity contribution is 0.0258. The van der Waals surface area contributed by atoms with E-state index in [1.807, 2.05) is 60.7 Å². The molecule has 0 unspecified atom stereocenters. The lowest BCUT2D eigenvalue weighted by atomic mass is 9.78. The highest BCUT2D eigenvalue weighted by Gasteiger charge is 2.49. The molecule has 16 rings (SSSR count). The molecule has 0 atom stereocenters. The van der Waals surface area contributed by atoms with Gasteiger partial charge in [0.15, 0.2) is 34.6 Å². The van der Waals surface area contributed by atoms with E-state index in [0.29, 0.717) is 22.3 Å². The normalized spacial score (nSPS) is 18.2. The van der Waals surface area contributed by atoms with Crippen LogP contribution in [-0.4, -0.2) is 23.1 Å². The number of Topliss-reactive ketones (excluding diaryl/α,β-unsaturated/α-hetero) is 4. The van der Waals surface area contributed by atoms with Gasteiger partial charge in [0.2, 0.25) is 0 Å². The zero-order valence-electron chi connectivity index (χ0n) is 38.7. The molecule has 0 amide bonds. The third-order valence-electron chi connectivity index (χ3n) is 16.5. The van der Waals surface area contributed by atoms with Crippen LogP contribution in [0, 0.1) is 0 Å². The summed E-state index contributed by atoms with van der Waals surface area (Å²) in [6.07, 6.45) is 13.7. The summed E-state index contributed by atoms with van der Waals surface area (Å²) < 4.78 is 17.0. The van der Waals surface area contributed by atoms with E-state index in [-0.39, 0.29) is 34.3 Å². The Labute approximate surface area is 428 Å². The summed E-state index contributed by atoms with van der Waals surface area (Å²) in [5, 5.41) is 8.18. The van der Waals surface area contributed by atoms with Crippen LogP contribution in [-0.2, 0) is 11.2 Å². The highest BCUT2D eigenvalue weighted by molar-refractivity contribution is 7.35. The Morgan fingerprint density at radius 3 is 1.04 bits per heavy atom. The number of carbonyl (C=O) groups is 4. The van der Waals surface area contributed by atoms with Gasteiger partial charge in [0.25, 0.3) is 0 Å². The standard InChI is InChI=1S/C62H40O6S4/c63-49-41-23-35-19-31-11-3-4-12-32(31)20-36(35)24-42(41)50(64)45(49)27-39-29-47-55(69-39)57-53(67-61(47)15-7-1-8-16-61)59-60(71-57)54-58(72-59)56-48(62(68-54)17-9-2-10-18-62)30-40(70-56)28-46-51(65)43-25-37-21-33-13-5-6-14-34(33)22-38(37)26-44(43)52(46)66/h3-6,11-14,19-30H,1-2,7-10,15-18H2. The van der Waals surface area contributed by atoms with Crippen LogP contribution in [0.1, 0.15) is 127 Å². The second-order valence-electron chi connectivity index (χ2n) is 20.6. The van der Waals surface area contributed by atoms with E-state index in [2.05, 4.69) is 60.7 Å². The molecule has 0 saturated heterocycles. The summed E-state index contributed by atoms with van der Waals surface area (Å²) in [7, 11) is 0. The second-order valence-corrected chi connectivity index (χ2v) is 24.8. The SMILES string of the molecule is O=C1C(=Cc2cc3c(s2)-c2sc4c5c(sc4c2OC32CCCCC2)-c2sc(C=C3C(=O)c4cc6cc7ccccc7cc6cc4C3=O)cc2C2(CCCCC2)O5)C(=O)c2cc3cc4ccccc4cc3cc21. The monoisotopic (exact) mass is 1010 g/mol. The number of carbonyl (C=O) groups excluding carboxylic acids is 4. The minimum absolute atomic E-state index is 0.213. The highest BCUT2D eigenvalue weighted by Crippen LogP contribution is 2.66. The molecule has 6 aromatic carbocycles. The molecule has 10 aromatic rings. The smallest absolute Gasteiger partial charge is 0.197 e. The molecule has 2 saturated carbocycles. The third kappa shape index (κ3) is 5.80. The topological polar surface area (TPSA) is 86.7 Å². The van der Waals surface area contributed by atoms with Gasteiger partial charge in [-0.3, -0.25) is 19.2 Å². The average molecular weight is 1010 g/mol. The fourth-order valence-electron chi connectivity index (χ4n) is 12.9. The van der Waals surface area contributed by atoms with Crippen molar-refractivity contribution in [2.75, 3.05) is 0 Å². The largest absolute Gasteiger partial charge is 0.479 e. The molecule has 2 spiro atoms. The Morgan fingerprint density at radius 2 is 0.708 bits per heavy atom. The first-order chi connectivity index (χ1) is 35.2. The van der Waals surface area contributed by atoms with Gasteiger partial charge in [-0.2, -0.15) is 0 Å². The molecule has 10 heteroatoms. The van der Waals surface area contributed by atoms with Crippen LogP contribution in [0.15, 0.2) is 120 Å². The summed E-state index contributed by atoms with van der Waals surface area (Å²) in [6.45, 7) is 0. The number of rotatable bonds is 2. The molecule has 2 fully saturated rings. The predicted octanol–water partition coefficient (Wildman–Crippen LogP) is 17.1. The maximum absolute atomic E-state index is 14.2. The van der Waals surface area contributed by atoms with Gasteiger partial charge in [-0.05, 0) is 167 Å². The van der Waals surface area contributed by atoms with E-state index in [1.165, 1.54) is 0 Å². The first-order valence-electron chi connectivity index (χ1n) is 25.0. The van der Waals surface area contributed by atoms with Crippen molar-refractivity contribution in [3.8, 4) is 31.0 Å². The zero-order chi connectivity index (χ0) is 47.8. The van der Waals surface area contributed by atoms with E-state index >= 15 is 0 Å². The maximum atomic E-state index is 14.2. The van der Waals surface area contributed by atoms with E-state index in [9.17, 15) is 19.2 Å². The van der Waals surface area contributed by atoms with E-state index < -0.39 is 11.2 Å². The van der Waals surface area contributed by atoms with Crippen LogP contribution in [0.4, 0.5) is 0 Å². The van der Waals surface area contributed by atoms with Crippen LogP contribution in [0.5, 0.6) is 11.5 Å². The van der Waals surface area contributed by atoms with Crippen molar-refractivity contribution in [1.82, 2.24) is 0 Å². The number of hydrogen-bond donors (Lipinski definition) is 0. The fourth-order valence-corrected chi connectivity index (χ4v) is 18.2. The molecule has 6 nitrogen and oxygen atoms in total. The van der Waals surface area contributed by atoms with Gasteiger partial charge < -0.3 is 9.47 Å². The number of allylic oxidation sites excluding steroid dienone is 2. The average Bonchev–Trinajstić information content (AvgIpc) is 4.25. The van der Waals surface area contributed by atoms with Gasteiger partial charge in [0, 0.05) is 43.1 Å². The Kier molecular flexibility index (Phi) is 8.64. The number of fused-ring (bicyclic) bond motifs is 17. The molecule has 0 radical (unpaired) electrons. The van der Waals surface area contributed by atoms with E-state index in [1.54, 1.807) is 45.3 Å². The fraction of sp³-hybridized carbons (Fsp3) is 0.194. The second kappa shape index (κ2) is 14.9. The summed E-state index contributed by atoms with van der Waals surface area (Å²) >= 11 is 6.77. The molecule has 72 heavy (non-hydrogen) atoms.